The van der Waals surface area contributed by atoms with Crippen LogP contribution in [0, 0.1) is 0 Å². The average Bonchev–Trinajstić information content (AvgIpc) is 2.04. The van der Waals surface area contributed by atoms with Gasteiger partial charge in [0.1, 0.15) is 0 Å². The van der Waals surface area contributed by atoms with Gasteiger partial charge in [0.15, 0.2) is 0 Å². The van der Waals surface area contributed by atoms with Crippen molar-refractivity contribution < 1.29 is 9.47 Å². The van der Waals surface area contributed by atoms with Crippen LogP contribution in [0.1, 0.15) is 19.8 Å². The molecule has 0 amide bonds. The number of hydrogen-bond donors (Lipinski definition) is 0. The van der Waals surface area contributed by atoms with Gasteiger partial charge in [-0.05, 0) is 18.6 Å². The van der Waals surface area contributed by atoms with Crippen LogP contribution < -0.4 is 0 Å². The first-order valence-corrected chi connectivity index (χ1v) is 3.76. The van der Waals surface area contributed by atoms with Crippen molar-refractivity contribution >= 4 is 0 Å². The summed E-state index contributed by atoms with van der Waals surface area (Å²) in [6.45, 7) is 2.04. The number of ether oxygens (including phenoxy) is 2. The van der Waals surface area contributed by atoms with Gasteiger partial charge in [0.2, 0.25) is 0 Å². The molecule has 0 heterocycles. The van der Waals surface area contributed by atoms with E-state index in [0.717, 1.165) is 24.4 Å². The zero-order chi connectivity index (χ0) is 8.27. The van der Waals surface area contributed by atoms with Crippen molar-refractivity contribution in [3.8, 4) is 0 Å². The van der Waals surface area contributed by atoms with E-state index in [1.165, 1.54) is 5.57 Å². The third-order valence-corrected chi connectivity index (χ3v) is 1.92. The highest BCUT2D eigenvalue weighted by molar-refractivity contribution is 5.26. The molecule has 62 valence electrons. The molecule has 1 aliphatic rings. The van der Waals surface area contributed by atoms with E-state index in [4.69, 9.17) is 9.47 Å². The predicted molar refractivity (Wildman–Crippen MR) is 44.0 cm³/mol. The van der Waals surface area contributed by atoms with E-state index >= 15 is 0 Å². The molecule has 2 nitrogen and oxygen atoms in total. The largest absolute Gasteiger partial charge is 0.501 e. The highest BCUT2D eigenvalue weighted by Crippen LogP contribution is 2.23. The van der Waals surface area contributed by atoms with Crippen molar-refractivity contribution in [2.45, 2.75) is 19.8 Å². The van der Waals surface area contributed by atoms with Gasteiger partial charge in [-0.1, -0.05) is 0 Å². The minimum atomic E-state index is 0.955. The van der Waals surface area contributed by atoms with E-state index < -0.39 is 0 Å². The Morgan fingerprint density at radius 1 is 1.18 bits per heavy atom. The molecule has 1 rings (SSSR count). The monoisotopic (exact) mass is 154 g/mol. The second kappa shape index (κ2) is 3.46. The number of methoxy groups -OCH3 is 2. The zero-order valence-electron chi connectivity index (χ0n) is 7.31. The number of hydrogen-bond acceptors (Lipinski definition) is 2. The van der Waals surface area contributed by atoms with E-state index in [9.17, 15) is 0 Å². The lowest BCUT2D eigenvalue weighted by molar-refractivity contribution is 0.240. The number of rotatable bonds is 2. The molecule has 0 N–H and O–H groups in total. The van der Waals surface area contributed by atoms with Gasteiger partial charge < -0.3 is 9.47 Å². The zero-order valence-corrected chi connectivity index (χ0v) is 7.31. The maximum atomic E-state index is 5.18. The lowest BCUT2D eigenvalue weighted by Crippen LogP contribution is -2.00. The van der Waals surface area contributed by atoms with Crippen LogP contribution in [0.3, 0.4) is 0 Å². The lowest BCUT2D eigenvalue weighted by atomic mass is 10.1. The minimum absolute atomic E-state index is 0.955. The summed E-state index contributed by atoms with van der Waals surface area (Å²) in [7, 11) is 3.42. The summed E-state index contributed by atoms with van der Waals surface area (Å²) in [5.41, 5.74) is 1.18. The molecular weight excluding hydrogens is 140 g/mol. The molecule has 0 unspecified atom stereocenters. The van der Waals surface area contributed by atoms with Gasteiger partial charge in [-0.15, -0.1) is 0 Å². The Kier molecular flexibility index (Phi) is 2.58. The molecule has 2 heteroatoms. The van der Waals surface area contributed by atoms with Crippen molar-refractivity contribution in [2.24, 2.45) is 0 Å². The molecule has 0 aromatic rings. The Hall–Kier alpha value is -0.920. The Labute approximate surface area is 67.5 Å². The van der Waals surface area contributed by atoms with Gasteiger partial charge in [0.05, 0.1) is 25.7 Å². The van der Waals surface area contributed by atoms with Gasteiger partial charge in [-0.25, -0.2) is 0 Å². The fraction of sp³-hybridized carbons (Fsp3) is 0.556. The summed E-state index contributed by atoms with van der Waals surface area (Å²) in [4.78, 5) is 0. The SMILES string of the molecule is COC1=CC(C)=C(OC)CC1. The summed E-state index contributed by atoms with van der Waals surface area (Å²) in [6, 6.07) is 0. The van der Waals surface area contributed by atoms with E-state index in [0.29, 0.717) is 0 Å². The quantitative estimate of drug-likeness (QED) is 0.607. The van der Waals surface area contributed by atoms with Crippen LogP contribution in [0.15, 0.2) is 23.2 Å². The fourth-order valence-corrected chi connectivity index (χ4v) is 1.25. The van der Waals surface area contributed by atoms with Crippen LogP contribution in [0.25, 0.3) is 0 Å². The van der Waals surface area contributed by atoms with Crippen LogP contribution in [0.2, 0.25) is 0 Å². The molecule has 0 saturated heterocycles. The van der Waals surface area contributed by atoms with E-state index in [1.807, 2.05) is 13.0 Å². The topological polar surface area (TPSA) is 18.5 Å². The summed E-state index contributed by atoms with van der Waals surface area (Å²) < 4.78 is 10.3. The molecule has 0 fully saturated rings. The van der Waals surface area contributed by atoms with Gasteiger partial charge in [0.25, 0.3) is 0 Å². The van der Waals surface area contributed by atoms with Crippen LogP contribution in [0.5, 0.6) is 0 Å². The first-order chi connectivity index (χ1) is 5.27. The maximum Gasteiger partial charge on any atom is 0.0990 e. The normalized spacial score (nSPS) is 17.9. The Bertz CT molecular complexity index is 202. The van der Waals surface area contributed by atoms with Gasteiger partial charge in [0, 0.05) is 12.8 Å². The third kappa shape index (κ3) is 1.76. The van der Waals surface area contributed by atoms with Gasteiger partial charge >= 0.3 is 0 Å². The summed E-state index contributed by atoms with van der Waals surface area (Å²) in [6.07, 6.45) is 3.95. The fourth-order valence-electron chi connectivity index (χ4n) is 1.25. The van der Waals surface area contributed by atoms with E-state index in [2.05, 4.69) is 0 Å². The van der Waals surface area contributed by atoms with E-state index in [-0.39, 0.29) is 0 Å². The van der Waals surface area contributed by atoms with Crippen LogP contribution in [0.4, 0.5) is 0 Å². The van der Waals surface area contributed by atoms with Crippen LogP contribution in [-0.2, 0) is 9.47 Å². The van der Waals surface area contributed by atoms with Crippen molar-refractivity contribution in [3.05, 3.63) is 23.2 Å². The average molecular weight is 154 g/mol. The molecule has 11 heavy (non-hydrogen) atoms. The summed E-state index contributed by atoms with van der Waals surface area (Å²) >= 11 is 0. The highest BCUT2D eigenvalue weighted by Gasteiger charge is 2.10. The smallest absolute Gasteiger partial charge is 0.0990 e. The second-order valence-corrected chi connectivity index (χ2v) is 2.63. The van der Waals surface area contributed by atoms with Crippen molar-refractivity contribution in [3.63, 3.8) is 0 Å². The summed E-state index contributed by atoms with van der Waals surface area (Å²) in [5.74, 6) is 2.12. The minimum Gasteiger partial charge on any atom is -0.501 e. The van der Waals surface area contributed by atoms with Gasteiger partial charge in [-0.3, -0.25) is 0 Å². The van der Waals surface area contributed by atoms with E-state index in [1.54, 1.807) is 14.2 Å². The van der Waals surface area contributed by atoms with Crippen molar-refractivity contribution in [1.82, 2.24) is 0 Å². The molecule has 0 saturated carbocycles. The molecule has 1 aliphatic carbocycles. The summed E-state index contributed by atoms with van der Waals surface area (Å²) in [5, 5.41) is 0. The molecular formula is C9H14O2. The van der Waals surface area contributed by atoms with Crippen LogP contribution >= 0.6 is 0 Å². The lowest BCUT2D eigenvalue weighted by Gasteiger charge is -2.15. The first kappa shape index (κ1) is 8.18. The standard InChI is InChI=1S/C9H14O2/c1-7-6-8(10-2)4-5-9(7)11-3/h6H,4-5H2,1-3H3. The Morgan fingerprint density at radius 2 is 1.91 bits per heavy atom. The highest BCUT2D eigenvalue weighted by atomic mass is 16.5. The molecule has 0 aromatic carbocycles. The third-order valence-electron chi connectivity index (χ3n) is 1.92. The molecule has 0 radical (unpaired) electrons. The molecule has 0 aliphatic heterocycles. The maximum absolute atomic E-state index is 5.18. The molecule has 0 spiro atoms. The predicted octanol–water partition coefficient (Wildman–Crippen LogP) is 2.23. The Balaban J connectivity index is 2.76. The van der Waals surface area contributed by atoms with Crippen molar-refractivity contribution in [1.29, 1.82) is 0 Å². The molecule has 0 atom stereocenters. The van der Waals surface area contributed by atoms with Gasteiger partial charge in [-0.2, -0.15) is 0 Å². The van der Waals surface area contributed by atoms with Crippen molar-refractivity contribution in [2.75, 3.05) is 14.2 Å². The second-order valence-electron chi connectivity index (χ2n) is 2.63. The first-order valence-electron chi connectivity index (χ1n) is 3.76. The van der Waals surface area contributed by atoms with Crippen LogP contribution in [-0.4, -0.2) is 14.2 Å². The molecule has 0 aromatic heterocycles. The molecule has 0 bridgehead atoms. The number of allylic oxidation sites excluding steroid dienone is 4. The Morgan fingerprint density at radius 3 is 2.36 bits per heavy atom.